The molecule has 2 unspecified atom stereocenters. The fourth-order valence-electron chi connectivity index (χ4n) is 4.33. The highest BCUT2D eigenvalue weighted by molar-refractivity contribution is 7.59. The molecule has 0 radical (unpaired) electrons. The van der Waals surface area contributed by atoms with Crippen LogP contribution in [0.2, 0.25) is 0 Å². The number of carbonyl (C=O) groups is 4. The Bertz CT molecular complexity index is 1520. The van der Waals surface area contributed by atoms with Gasteiger partial charge in [-0.3, -0.25) is 23.7 Å². The summed E-state index contributed by atoms with van der Waals surface area (Å²) >= 11 is 0. The molecule has 0 spiro atoms. The van der Waals surface area contributed by atoms with Gasteiger partial charge in [-0.25, -0.2) is 4.39 Å². The molecule has 3 aromatic rings. The Morgan fingerprint density at radius 1 is 0.909 bits per heavy atom. The predicted molar refractivity (Wildman–Crippen MR) is 166 cm³/mol. The number of nitrogens with one attached hydrogen (secondary N) is 3. The Labute approximate surface area is 255 Å². The molecule has 232 valence electrons. The maximum absolute atomic E-state index is 13.7. The van der Waals surface area contributed by atoms with Crippen LogP contribution in [0.5, 0.6) is 0 Å². The van der Waals surface area contributed by atoms with Gasteiger partial charge in [0.05, 0.1) is 0 Å². The molecule has 10 nitrogen and oxygen atoms in total. The van der Waals surface area contributed by atoms with Gasteiger partial charge in [-0.05, 0) is 42.2 Å². The van der Waals surface area contributed by atoms with E-state index in [1.54, 1.807) is 49.4 Å². The Morgan fingerprint density at radius 3 is 2.18 bits per heavy atom. The molecule has 3 aromatic carbocycles. The van der Waals surface area contributed by atoms with Crippen LogP contribution in [0.1, 0.15) is 41.3 Å². The van der Waals surface area contributed by atoms with Crippen LogP contribution in [0.25, 0.3) is 6.08 Å². The number of halogens is 1. The Morgan fingerprint density at radius 2 is 1.57 bits per heavy atom. The summed E-state index contributed by atoms with van der Waals surface area (Å²) in [4.78, 5) is 61.8. The second-order valence-corrected chi connectivity index (χ2v) is 12.6. The summed E-state index contributed by atoms with van der Waals surface area (Å²) in [6.45, 7) is 1.62. The minimum Gasteiger partial charge on any atom is -0.368 e. The molecule has 0 bridgehead atoms. The molecule has 0 heterocycles. The molecule has 0 aliphatic rings. The summed E-state index contributed by atoms with van der Waals surface area (Å²) in [6.07, 6.45) is 2.70. The van der Waals surface area contributed by atoms with Gasteiger partial charge < -0.3 is 26.6 Å². The zero-order valence-electron chi connectivity index (χ0n) is 24.2. The van der Waals surface area contributed by atoms with Crippen molar-refractivity contribution in [1.29, 1.82) is 0 Å². The van der Waals surface area contributed by atoms with Crippen LogP contribution < -0.4 is 21.7 Å². The number of primary amides is 1. The number of amides is 4. The second kappa shape index (κ2) is 16.3. The summed E-state index contributed by atoms with van der Waals surface area (Å²) in [5.41, 5.74) is 6.94. The first-order chi connectivity index (χ1) is 21.0. The molecular formula is C32H36FN4O6P. The first-order valence-electron chi connectivity index (χ1n) is 14.0. The molecule has 12 heteroatoms. The van der Waals surface area contributed by atoms with Gasteiger partial charge in [-0.2, -0.15) is 0 Å². The van der Waals surface area contributed by atoms with Crippen molar-refractivity contribution in [2.75, 3.05) is 6.16 Å². The van der Waals surface area contributed by atoms with E-state index < -0.39 is 60.8 Å². The summed E-state index contributed by atoms with van der Waals surface area (Å²) < 4.78 is 27.2. The quantitative estimate of drug-likeness (QED) is 0.163. The smallest absolute Gasteiger partial charge is 0.252 e. The van der Waals surface area contributed by atoms with Crippen molar-refractivity contribution in [1.82, 2.24) is 16.0 Å². The SMILES string of the molecule is CC[C@H](NC(=O)CP(=O)(O)C(Cc1ccccc1)NC(=O)c1cccc(F)c1)C(=O)N[C@@H](C/C=C/c1ccccc1)C(N)=O. The molecule has 6 N–H and O–H groups in total. The zero-order chi connectivity index (χ0) is 32.1. The largest absolute Gasteiger partial charge is 0.368 e. The number of carbonyl (C=O) groups excluding carboxylic acids is 4. The topological polar surface area (TPSA) is 168 Å². The number of hydrogen-bond donors (Lipinski definition) is 5. The predicted octanol–water partition coefficient (Wildman–Crippen LogP) is 3.36. The molecule has 3 rings (SSSR count). The van der Waals surface area contributed by atoms with Crippen LogP contribution in [0.15, 0.2) is 91.0 Å². The first-order valence-corrected chi connectivity index (χ1v) is 15.9. The maximum atomic E-state index is 13.7. The Balaban J connectivity index is 1.68. The highest BCUT2D eigenvalue weighted by atomic mass is 31.2. The minimum atomic E-state index is -4.45. The number of benzene rings is 3. The third-order valence-corrected chi connectivity index (χ3v) is 8.74. The average Bonchev–Trinajstić information content (AvgIpc) is 2.99. The average molecular weight is 623 g/mol. The zero-order valence-corrected chi connectivity index (χ0v) is 25.1. The van der Waals surface area contributed by atoms with Crippen molar-refractivity contribution in [2.45, 2.75) is 44.1 Å². The van der Waals surface area contributed by atoms with Crippen LogP contribution in [0.3, 0.4) is 0 Å². The fraction of sp³-hybridized carbons (Fsp3) is 0.250. The van der Waals surface area contributed by atoms with Gasteiger partial charge in [-0.15, -0.1) is 0 Å². The van der Waals surface area contributed by atoms with E-state index in [0.717, 1.165) is 17.7 Å². The third-order valence-electron chi connectivity index (χ3n) is 6.72. The highest BCUT2D eigenvalue weighted by Crippen LogP contribution is 2.46. The fourth-order valence-corrected chi connectivity index (χ4v) is 5.87. The normalized spacial score (nSPS) is 14.5. The molecular weight excluding hydrogens is 586 g/mol. The van der Waals surface area contributed by atoms with Gasteiger partial charge in [0.25, 0.3) is 5.91 Å². The third kappa shape index (κ3) is 10.6. The lowest BCUT2D eigenvalue weighted by atomic mass is 10.1. The van der Waals surface area contributed by atoms with Crippen molar-refractivity contribution in [2.24, 2.45) is 5.73 Å². The van der Waals surface area contributed by atoms with E-state index in [4.69, 9.17) is 5.73 Å². The van der Waals surface area contributed by atoms with Gasteiger partial charge in [0, 0.05) is 12.0 Å². The highest BCUT2D eigenvalue weighted by Gasteiger charge is 2.36. The van der Waals surface area contributed by atoms with E-state index in [2.05, 4.69) is 16.0 Å². The molecule has 44 heavy (non-hydrogen) atoms. The van der Waals surface area contributed by atoms with Crippen molar-refractivity contribution in [3.8, 4) is 0 Å². The molecule has 0 aliphatic carbocycles. The van der Waals surface area contributed by atoms with E-state index in [9.17, 15) is 33.0 Å². The Hall–Kier alpha value is -4.60. The summed E-state index contributed by atoms with van der Waals surface area (Å²) in [5, 5.41) is 7.45. The first kappa shape index (κ1) is 33.9. The van der Waals surface area contributed by atoms with Crippen molar-refractivity contribution >= 4 is 37.1 Å². The van der Waals surface area contributed by atoms with E-state index in [1.807, 2.05) is 30.3 Å². The number of rotatable bonds is 15. The second-order valence-electron chi connectivity index (χ2n) is 10.1. The number of hydrogen-bond acceptors (Lipinski definition) is 5. The lowest BCUT2D eigenvalue weighted by Crippen LogP contribution is -2.53. The minimum absolute atomic E-state index is 0.0575. The summed E-state index contributed by atoms with van der Waals surface area (Å²) in [5.74, 6) is -5.20. The van der Waals surface area contributed by atoms with Gasteiger partial charge >= 0.3 is 0 Å². The van der Waals surface area contributed by atoms with E-state index >= 15 is 0 Å². The van der Waals surface area contributed by atoms with Gasteiger partial charge in [0.1, 0.15) is 29.8 Å². The molecule has 0 aromatic heterocycles. The summed E-state index contributed by atoms with van der Waals surface area (Å²) in [6, 6.07) is 20.6. The lowest BCUT2D eigenvalue weighted by molar-refractivity contribution is -0.130. The Kier molecular flexibility index (Phi) is 12.6. The van der Waals surface area contributed by atoms with Gasteiger partial charge in [-0.1, -0.05) is 85.8 Å². The van der Waals surface area contributed by atoms with Gasteiger partial charge in [0.2, 0.25) is 25.1 Å². The molecule has 0 saturated carbocycles. The van der Waals surface area contributed by atoms with Gasteiger partial charge in [0.15, 0.2) is 0 Å². The molecule has 4 amide bonds. The number of nitrogens with two attached hydrogens (primary N) is 1. The monoisotopic (exact) mass is 622 g/mol. The standard InChI is InChI=1S/C32H36FN4O6P/c1-2-26(32(41)36-27(30(34)39)18-9-15-22-11-5-3-6-12-22)35-28(38)21-44(42,43)29(19-23-13-7-4-8-14-23)37-31(40)24-16-10-17-25(33)20-24/h3-17,20,26-27,29H,2,18-19,21H2,1H3,(H2,34,39)(H,35,38)(H,36,41)(H,37,40)(H,42,43)/b15-9+/t26-,27-,29?/m0/s1. The molecule has 0 aliphatic heterocycles. The molecule has 0 fully saturated rings. The van der Waals surface area contributed by atoms with Crippen LogP contribution in [-0.2, 0) is 25.4 Å². The molecule has 0 saturated heterocycles. The van der Waals surface area contributed by atoms with Crippen LogP contribution in [0.4, 0.5) is 4.39 Å². The van der Waals surface area contributed by atoms with Crippen molar-refractivity contribution in [3.63, 3.8) is 0 Å². The van der Waals surface area contributed by atoms with Crippen LogP contribution in [0, 0.1) is 5.82 Å². The van der Waals surface area contributed by atoms with E-state index in [-0.39, 0.29) is 24.8 Å². The van der Waals surface area contributed by atoms with E-state index in [1.165, 1.54) is 12.1 Å². The van der Waals surface area contributed by atoms with Crippen molar-refractivity contribution in [3.05, 3.63) is 114 Å². The maximum Gasteiger partial charge on any atom is 0.252 e. The van der Waals surface area contributed by atoms with Crippen molar-refractivity contribution < 1.29 is 33.0 Å². The van der Waals surface area contributed by atoms with Crippen LogP contribution >= 0.6 is 7.37 Å². The van der Waals surface area contributed by atoms with E-state index in [0.29, 0.717) is 5.56 Å². The van der Waals surface area contributed by atoms with Crippen LogP contribution in [-0.4, -0.2) is 52.6 Å². The summed E-state index contributed by atoms with van der Waals surface area (Å²) in [7, 11) is -4.45. The lowest BCUT2D eigenvalue weighted by Gasteiger charge is -2.25. The molecule has 4 atom stereocenters.